The van der Waals surface area contributed by atoms with Crippen molar-refractivity contribution < 1.29 is 22.7 Å². The number of benzene rings is 1. The van der Waals surface area contributed by atoms with E-state index in [2.05, 4.69) is 10.2 Å². The molecule has 0 radical (unpaired) electrons. The molecule has 0 atom stereocenters. The van der Waals surface area contributed by atoms with Gasteiger partial charge in [0.05, 0.1) is 14.2 Å². The number of ether oxygens (including phenoxy) is 2. The molecule has 10 heteroatoms. The molecule has 2 heterocycles. The number of nitrogens with one attached hydrogen (secondary N) is 1. The first-order valence-electron chi connectivity index (χ1n) is 11.4. The van der Waals surface area contributed by atoms with Crippen molar-refractivity contribution in [2.75, 3.05) is 73.1 Å². The van der Waals surface area contributed by atoms with Crippen molar-refractivity contribution in [3.63, 3.8) is 0 Å². The highest BCUT2D eigenvalue weighted by molar-refractivity contribution is 7.89. The molecule has 0 spiro atoms. The van der Waals surface area contributed by atoms with E-state index in [-0.39, 0.29) is 29.5 Å². The number of nitrogens with zero attached hydrogens (tertiary/aromatic N) is 3. The van der Waals surface area contributed by atoms with Crippen LogP contribution in [-0.4, -0.2) is 102 Å². The second-order valence-corrected chi connectivity index (χ2v) is 10.1. The Hall–Kier alpha value is -1.88. The van der Waals surface area contributed by atoms with Gasteiger partial charge in [-0.3, -0.25) is 4.79 Å². The van der Waals surface area contributed by atoms with Crippen LogP contribution in [0.2, 0.25) is 0 Å². The highest BCUT2D eigenvalue weighted by atomic mass is 32.2. The van der Waals surface area contributed by atoms with E-state index in [1.807, 2.05) is 0 Å². The number of sulfonamides is 1. The van der Waals surface area contributed by atoms with Crippen LogP contribution in [0.3, 0.4) is 0 Å². The molecule has 2 fully saturated rings. The highest BCUT2D eigenvalue weighted by Gasteiger charge is 2.29. The molecular formula is C22H36N4O5S. The third-order valence-corrected chi connectivity index (χ3v) is 8.03. The van der Waals surface area contributed by atoms with Crippen LogP contribution in [0.4, 0.5) is 0 Å². The van der Waals surface area contributed by atoms with Gasteiger partial charge in [-0.15, -0.1) is 0 Å². The zero-order chi connectivity index (χ0) is 23.0. The summed E-state index contributed by atoms with van der Waals surface area (Å²) in [7, 11) is -0.923. The van der Waals surface area contributed by atoms with Crippen molar-refractivity contribution in [3.8, 4) is 11.5 Å². The lowest BCUT2D eigenvalue weighted by Gasteiger charge is -2.29. The first kappa shape index (κ1) is 24.8. The molecule has 1 N–H and O–H groups in total. The number of rotatable bonds is 11. The van der Waals surface area contributed by atoms with E-state index in [1.54, 1.807) is 17.0 Å². The van der Waals surface area contributed by atoms with Crippen LogP contribution in [0, 0.1) is 0 Å². The van der Waals surface area contributed by atoms with Crippen LogP contribution >= 0.6 is 0 Å². The predicted octanol–water partition coefficient (Wildman–Crippen LogP) is 1.00. The molecule has 0 unspecified atom stereocenters. The second-order valence-electron chi connectivity index (χ2n) is 8.20. The molecule has 2 aliphatic heterocycles. The number of amides is 1. The Morgan fingerprint density at radius 3 is 2.44 bits per heavy atom. The number of methoxy groups -OCH3 is 2. The topological polar surface area (TPSA) is 91.4 Å². The van der Waals surface area contributed by atoms with Crippen LogP contribution in [0.5, 0.6) is 11.5 Å². The Labute approximate surface area is 191 Å². The van der Waals surface area contributed by atoms with Crippen LogP contribution in [-0.2, 0) is 14.8 Å². The molecule has 0 aliphatic carbocycles. The third kappa shape index (κ3) is 6.34. The summed E-state index contributed by atoms with van der Waals surface area (Å²) in [6.07, 6.45) is 3.27. The van der Waals surface area contributed by atoms with Crippen LogP contribution in [0.25, 0.3) is 0 Å². The molecule has 9 nitrogen and oxygen atoms in total. The van der Waals surface area contributed by atoms with E-state index in [9.17, 15) is 13.2 Å². The molecule has 2 saturated heterocycles. The maximum absolute atomic E-state index is 13.6. The van der Waals surface area contributed by atoms with Gasteiger partial charge < -0.3 is 24.6 Å². The molecule has 0 aromatic heterocycles. The van der Waals surface area contributed by atoms with Gasteiger partial charge in [-0.05, 0) is 51.0 Å². The number of likely N-dealkylation sites (tertiary alicyclic amines) is 1. The first-order valence-corrected chi connectivity index (χ1v) is 12.8. The van der Waals surface area contributed by atoms with Crippen molar-refractivity contribution in [2.24, 2.45) is 0 Å². The number of carbonyl (C=O) groups is 1. The van der Waals surface area contributed by atoms with E-state index in [0.29, 0.717) is 31.8 Å². The molecule has 180 valence electrons. The molecule has 2 aliphatic rings. The number of hydrogen-bond acceptors (Lipinski definition) is 7. The largest absolute Gasteiger partial charge is 0.497 e. The number of piperazine rings is 1. The van der Waals surface area contributed by atoms with Crippen molar-refractivity contribution in [1.29, 1.82) is 0 Å². The summed E-state index contributed by atoms with van der Waals surface area (Å²) in [4.78, 5) is 16.9. The minimum absolute atomic E-state index is 0.0103. The SMILES string of the molecule is COc1ccc(OC)c(S(=O)(=O)N(CCCN2CCCC2)CCC(=O)N2CCNCC2)c1. The molecule has 1 aromatic carbocycles. The van der Waals surface area contributed by atoms with Crippen molar-refractivity contribution >= 4 is 15.9 Å². The summed E-state index contributed by atoms with van der Waals surface area (Å²) in [6, 6.07) is 4.75. The zero-order valence-electron chi connectivity index (χ0n) is 19.2. The average molecular weight is 469 g/mol. The van der Waals surface area contributed by atoms with Gasteiger partial charge in [0.15, 0.2) is 0 Å². The Kier molecular flexibility index (Phi) is 9.15. The van der Waals surface area contributed by atoms with E-state index in [0.717, 1.165) is 32.7 Å². The zero-order valence-corrected chi connectivity index (χ0v) is 20.0. The molecule has 32 heavy (non-hydrogen) atoms. The van der Waals surface area contributed by atoms with Crippen LogP contribution < -0.4 is 14.8 Å². The second kappa shape index (κ2) is 11.8. The van der Waals surface area contributed by atoms with Gasteiger partial charge >= 0.3 is 0 Å². The predicted molar refractivity (Wildman–Crippen MR) is 123 cm³/mol. The smallest absolute Gasteiger partial charge is 0.246 e. The summed E-state index contributed by atoms with van der Waals surface area (Å²) in [5.74, 6) is 0.700. The summed E-state index contributed by atoms with van der Waals surface area (Å²) < 4.78 is 39.3. The summed E-state index contributed by atoms with van der Waals surface area (Å²) in [6.45, 7) is 6.34. The molecular weight excluding hydrogens is 432 g/mol. The van der Waals surface area contributed by atoms with Crippen molar-refractivity contribution in [3.05, 3.63) is 18.2 Å². The fourth-order valence-corrected chi connectivity index (χ4v) is 5.90. The Morgan fingerprint density at radius 2 is 1.78 bits per heavy atom. The molecule has 0 saturated carbocycles. The van der Waals surface area contributed by atoms with E-state index < -0.39 is 10.0 Å². The highest BCUT2D eigenvalue weighted by Crippen LogP contribution is 2.31. The van der Waals surface area contributed by atoms with Crippen LogP contribution in [0.15, 0.2) is 23.1 Å². The fourth-order valence-electron chi connectivity index (χ4n) is 4.25. The lowest BCUT2D eigenvalue weighted by molar-refractivity contribution is -0.131. The molecule has 1 amide bonds. The summed E-state index contributed by atoms with van der Waals surface area (Å²) >= 11 is 0. The van der Waals surface area contributed by atoms with Crippen molar-refractivity contribution in [1.82, 2.24) is 19.4 Å². The van der Waals surface area contributed by atoms with E-state index in [1.165, 1.54) is 37.4 Å². The number of hydrogen-bond donors (Lipinski definition) is 1. The van der Waals surface area contributed by atoms with Gasteiger partial charge in [0, 0.05) is 51.8 Å². The Balaban J connectivity index is 1.75. The van der Waals surface area contributed by atoms with Gasteiger partial charge in [0.1, 0.15) is 16.4 Å². The normalized spacial score (nSPS) is 17.7. The van der Waals surface area contributed by atoms with Gasteiger partial charge in [-0.1, -0.05) is 0 Å². The van der Waals surface area contributed by atoms with Gasteiger partial charge in [-0.2, -0.15) is 4.31 Å². The summed E-state index contributed by atoms with van der Waals surface area (Å²) in [5, 5.41) is 3.23. The molecule has 3 rings (SSSR count). The fraction of sp³-hybridized carbons (Fsp3) is 0.682. The van der Waals surface area contributed by atoms with Crippen molar-refractivity contribution in [2.45, 2.75) is 30.6 Å². The monoisotopic (exact) mass is 468 g/mol. The minimum atomic E-state index is -3.87. The third-order valence-electron chi connectivity index (χ3n) is 6.11. The molecule has 1 aromatic rings. The van der Waals surface area contributed by atoms with Gasteiger partial charge in [0.25, 0.3) is 0 Å². The minimum Gasteiger partial charge on any atom is -0.497 e. The van der Waals surface area contributed by atoms with E-state index >= 15 is 0 Å². The standard InChI is InChI=1S/C22H36N4O5S/c1-30-19-6-7-20(31-2)21(18-19)32(28,29)26(14-5-13-24-11-3-4-12-24)15-8-22(27)25-16-9-23-10-17-25/h6-7,18,23H,3-5,8-17H2,1-2H3. The van der Waals surface area contributed by atoms with Crippen LogP contribution in [0.1, 0.15) is 25.7 Å². The quantitative estimate of drug-likeness (QED) is 0.518. The Bertz CT molecular complexity index is 852. The maximum Gasteiger partial charge on any atom is 0.246 e. The lowest BCUT2D eigenvalue weighted by atomic mass is 10.3. The first-order chi connectivity index (χ1) is 15.5. The molecule has 0 bridgehead atoms. The van der Waals surface area contributed by atoms with Gasteiger partial charge in [-0.25, -0.2) is 8.42 Å². The maximum atomic E-state index is 13.6. The van der Waals surface area contributed by atoms with Gasteiger partial charge in [0.2, 0.25) is 15.9 Å². The Morgan fingerprint density at radius 1 is 1.06 bits per heavy atom. The van der Waals surface area contributed by atoms with E-state index in [4.69, 9.17) is 9.47 Å². The number of carbonyl (C=O) groups excluding carboxylic acids is 1. The average Bonchev–Trinajstić information content (AvgIpc) is 3.34. The lowest BCUT2D eigenvalue weighted by Crippen LogP contribution is -2.47. The summed E-state index contributed by atoms with van der Waals surface area (Å²) in [5.41, 5.74) is 0.